The van der Waals surface area contributed by atoms with Crippen LogP contribution in [0.2, 0.25) is 0 Å². The largest absolute Gasteiger partial charge is 0.377 e. The first-order valence-corrected chi connectivity index (χ1v) is 5.31. The fraction of sp³-hybridized carbons (Fsp3) is 0.429. The topological polar surface area (TPSA) is 3.24 Å². The molecule has 0 radical (unpaired) electrons. The van der Waals surface area contributed by atoms with Gasteiger partial charge in [-0.1, -0.05) is 32.1 Å². The SMILES string of the molecule is C=CC(C)(C)c1c(C)cccc1N(C)C. The molecule has 0 aliphatic carbocycles. The zero-order valence-electron chi connectivity index (χ0n) is 10.5. The van der Waals surface area contributed by atoms with Crippen molar-refractivity contribution in [2.45, 2.75) is 26.2 Å². The zero-order chi connectivity index (χ0) is 11.6. The maximum absolute atomic E-state index is 3.93. The van der Waals surface area contributed by atoms with Gasteiger partial charge in [-0.2, -0.15) is 0 Å². The van der Waals surface area contributed by atoms with Gasteiger partial charge in [0.2, 0.25) is 0 Å². The van der Waals surface area contributed by atoms with Gasteiger partial charge in [0.05, 0.1) is 0 Å². The van der Waals surface area contributed by atoms with Crippen LogP contribution in [0, 0.1) is 6.92 Å². The minimum atomic E-state index is 0.0188. The maximum Gasteiger partial charge on any atom is 0.0404 e. The molecule has 0 atom stereocenters. The van der Waals surface area contributed by atoms with Gasteiger partial charge >= 0.3 is 0 Å². The van der Waals surface area contributed by atoms with Gasteiger partial charge in [-0.3, -0.25) is 0 Å². The van der Waals surface area contributed by atoms with Crippen LogP contribution in [0.1, 0.15) is 25.0 Å². The van der Waals surface area contributed by atoms with Gasteiger partial charge in [-0.15, -0.1) is 6.58 Å². The van der Waals surface area contributed by atoms with Gasteiger partial charge in [0.1, 0.15) is 0 Å². The van der Waals surface area contributed by atoms with E-state index in [-0.39, 0.29) is 5.41 Å². The summed E-state index contributed by atoms with van der Waals surface area (Å²) in [4.78, 5) is 2.16. The van der Waals surface area contributed by atoms with Crippen LogP contribution in [0.4, 0.5) is 5.69 Å². The van der Waals surface area contributed by atoms with Crippen molar-refractivity contribution in [2.75, 3.05) is 19.0 Å². The molecule has 1 aromatic carbocycles. The Balaban J connectivity index is 3.44. The lowest BCUT2D eigenvalue weighted by atomic mass is 9.81. The van der Waals surface area contributed by atoms with Crippen molar-refractivity contribution in [3.8, 4) is 0 Å². The maximum atomic E-state index is 3.93. The first kappa shape index (κ1) is 11.8. The van der Waals surface area contributed by atoms with Crippen LogP contribution in [0.15, 0.2) is 30.9 Å². The van der Waals surface area contributed by atoms with Crippen molar-refractivity contribution in [3.05, 3.63) is 42.0 Å². The van der Waals surface area contributed by atoms with E-state index < -0.39 is 0 Å². The molecule has 1 rings (SSSR count). The molecule has 82 valence electrons. The molecule has 0 aromatic heterocycles. The van der Waals surface area contributed by atoms with Crippen molar-refractivity contribution in [2.24, 2.45) is 0 Å². The second kappa shape index (κ2) is 4.09. The van der Waals surface area contributed by atoms with E-state index in [9.17, 15) is 0 Å². The molecule has 0 saturated heterocycles. The summed E-state index contributed by atoms with van der Waals surface area (Å²) in [5.41, 5.74) is 3.99. The molecule has 1 aromatic rings. The van der Waals surface area contributed by atoms with Gasteiger partial charge in [-0.05, 0) is 24.1 Å². The third-order valence-electron chi connectivity index (χ3n) is 2.89. The van der Waals surface area contributed by atoms with Gasteiger partial charge < -0.3 is 4.90 Å². The minimum absolute atomic E-state index is 0.0188. The van der Waals surface area contributed by atoms with E-state index in [1.807, 2.05) is 6.08 Å². The number of aryl methyl sites for hydroxylation is 1. The van der Waals surface area contributed by atoms with Crippen molar-refractivity contribution < 1.29 is 0 Å². The molecule has 0 aliphatic rings. The van der Waals surface area contributed by atoms with E-state index in [1.165, 1.54) is 16.8 Å². The van der Waals surface area contributed by atoms with Crippen LogP contribution in [-0.2, 0) is 5.41 Å². The Bertz CT molecular complexity index is 362. The highest BCUT2D eigenvalue weighted by Crippen LogP contribution is 2.34. The van der Waals surface area contributed by atoms with Crippen LogP contribution in [0.25, 0.3) is 0 Å². The van der Waals surface area contributed by atoms with Gasteiger partial charge in [0.25, 0.3) is 0 Å². The second-order valence-corrected chi connectivity index (χ2v) is 4.79. The summed E-state index contributed by atoms with van der Waals surface area (Å²) >= 11 is 0. The van der Waals surface area contributed by atoms with E-state index >= 15 is 0 Å². The summed E-state index contributed by atoms with van der Waals surface area (Å²) < 4.78 is 0. The van der Waals surface area contributed by atoms with Crippen LogP contribution in [-0.4, -0.2) is 14.1 Å². The first-order valence-electron chi connectivity index (χ1n) is 5.31. The quantitative estimate of drug-likeness (QED) is 0.679. The highest BCUT2D eigenvalue weighted by molar-refractivity contribution is 5.59. The van der Waals surface area contributed by atoms with Crippen LogP contribution >= 0.6 is 0 Å². The molecule has 0 heterocycles. The van der Waals surface area contributed by atoms with Crippen molar-refractivity contribution in [1.29, 1.82) is 0 Å². The average molecular weight is 203 g/mol. The molecule has 0 unspecified atom stereocenters. The fourth-order valence-corrected chi connectivity index (χ4v) is 1.97. The molecule has 1 nitrogen and oxygen atoms in total. The molecular formula is C14H21N. The molecular weight excluding hydrogens is 182 g/mol. The summed E-state index contributed by atoms with van der Waals surface area (Å²) in [6.07, 6.45) is 2.02. The second-order valence-electron chi connectivity index (χ2n) is 4.79. The number of rotatable bonds is 3. The average Bonchev–Trinajstić information content (AvgIpc) is 2.17. The highest BCUT2D eigenvalue weighted by Gasteiger charge is 2.22. The lowest BCUT2D eigenvalue weighted by Gasteiger charge is -2.29. The number of anilines is 1. The van der Waals surface area contributed by atoms with E-state index in [0.717, 1.165) is 0 Å². The lowest BCUT2D eigenvalue weighted by Crippen LogP contribution is -2.21. The Morgan fingerprint density at radius 3 is 2.33 bits per heavy atom. The van der Waals surface area contributed by atoms with E-state index in [2.05, 4.69) is 64.5 Å². The minimum Gasteiger partial charge on any atom is -0.377 e. The molecule has 0 aliphatic heterocycles. The van der Waals surface area contributed by atoms with Crippen LogP contribution in [0.3, 0.4) is 0 Å². The van der Waals surface area contributed by atoms with Crippen LogP contribution < -0.4 is 4.90 Å². The van der Waals surface area contributed by atoms with Crippen molar-refractivity contribution >= 4 is 5.69 Å². The Morgan fingerprint density at radius 1 is 1.27 bits per heavy atom. The number of hydrogen-bond donors (Lipinski definition) is 0. The van der Waals surface area contributed by atoms with Crippen LogP contribution in [0.5, 0.6) is 0 Å². The van der Waals surface area contributed by atoms with Gasteiger partial charge in [0, 0.05) is 25.2 Å². The van der Waals surface area contributed by atoms with Crippen molar-refractivity contribution in [1.82, 2.24) is 0 Å². The predicted molar refractivity (Wildman–Crippen MR) is 68.7 cm³/mol. The number of nitrogens with zero attached hydrogens (tertiary/aromatic N) is 1. The molecule has 0 amide bonds. The smallest absolute Gasteiger partial charge is 0.0404 e. The van der Waals surface area contributed by atoms with E-state index in [0.29, 0.717) is 0 Å². The molecule has 0 saturated carbocycles. The van der Waals surface area contributed by atoms with Crippen molar-refractivity contribution in [3.63, 3.8) is 0 Å². The lowest BCUT2D eigenvalue weighted by molar-refractivity contribution is 0.665. The summed E-state index contributed by atoms with van der Waals surface area (Å²) in [6.45, 7) is 10.5. The Kier molecular flexibility index (Phi) is 3.23. The number of allylic oxidation sites excluding steroid dienone is 1. The standard InChI is InChI=1S/C14H21N/c1-7-14(3,4)13-11(2)9-8-10-12(13)15(5)6/h7-10H,1H2,2-6H3. The summed E-state index contributed by atoms with van der Waals surface area (Å²) in [5.74, 6) is 0. The predicted octanol–water partition coefficient (Wildman–Crippen LogP) is 3.52. The molecule has 0 bridgehead atoms. The summed E-state index contributed by atoms with van der Waals surface area (Å²) in [6, 6.07) is 6.43. The molecule has 1 heteroatoms. The Hall–Kier alpha value is -1.24. The van der Waals surface area contributed by atoms with E-state index in [4.69, 9.17) is 0 Å². The Labute approximate surface area is 93.4 Å². The van der Waals surface area contributed by atoms with Gasteiger partial charge in [0.15, 0.2) is 0 Å². The molecule has 0 N–H and O–H groups in total. The number of benzene rings is 1. The zero-order valence-corrected chi connectivity index (χ0v) is 10.5. The molecule has 0 fully saturated rings. The number of hydrogen-bond acceptors (Lipinski definition) is 1. The monoisotopic (exact) mass is 203 g/mol. The third-order valence-corrected chi connectivity index (χ3v) is 2.89. The molecule has 15 heavy (non-hydrogen) atoms. The summed E-state index contributed by atoms with van der Waals surface area (Å²) in [5, 5.41) is 0. The van der Waals surface area contributed by atoms with E-state index in [1.54, 1.807) is 0 Å². The highest BCUT2D eigenvalue weighted by atomic mass is 15.1. The first-order chi connectivity index (χ1) is 6.90. The van der Waals surface area contributed by atoms with Gasteiger partial charge in [-0.25, -0.2) is 0 Å². The summed E-state index contributed by atoms with van der Waals surface area (Å²) in [7, 11) is 4.16. The Morgan fingerprint density at radius 2 is 1.87 bits per heavy atom. The third kappa shape index (κ3) is 2.23. The fourth-order valence-electron chi connectivity index (χ4n) is 1.97. The molecule has 0 spiro atoms. The normalized spacial score (nSPS) is 11.3.